The zero-order chi connectivity index (χ0) is 12.5. The van der Waals surface area contributed by atoms with Crippen molar-refractivity contribution in [3.63, 3.8) is 0 Å². The fourth-order valence-corrected chi connectivity index (χ4v) is 3.40. The number of carboxylic acid groups (broad SMARTS) is 1. The van der Waals surface area contributed by atoms with Crippen LogP contribution in [0.15, 0.2) is 5.51 Å². The molecule has 1 aromatic rings. The van der Waals surface area contributed by atoms with Crippen LogP contribution in [0.2, 0.25) is 0 Å². The third kappa shape index (κ3) is 2.09. The van der Waals surface area contributed by atoms with Crippen molar-refractivity contribution < 1.29 is 9.90 Å². The van der Waals surface area contributed by atoms with E-state index in [0.29, 0.717) is 6.42 Å². The largest absolute Gasteiger partial charge is 0.480 e. The Labute approximate surface area is 105 Å². The number of thiazole rings is 1. The maximum Gasteiger partial charge on any atom is 0.324 e. The minimum Gasteiger partial charge on any atom is -0.480 e. The summed E-state index contributed by atoms with van der Waals surface area (Å²) in [6.45, 7) is 5.54. The van der Waals surface area contributed by atoms with Crippen molar-refractivity contribution >= 4 is 17.3 Å². The predicted molar refractivity (Wildman–Crippen MR) is 67.2 cm³/mol. The highest BCUT2D eigenvalue weighted by Crippen LogP contribution is 2.34. The van der Waals surface area contributed by atoms with Gasteiger partial charge in [0.15, 0.2) is 0 Å². The van der Waals surface area contributed by atoms with Gasteiger partial charge in [0.2, 0.25) is 0 Å². The summed E-state index contributed by atoms with van der Waals surface area (Å²) in [6.07, 6.45) is 2.40. The van der Waals surface area contributed by atoms with Gasteiger partial charge >= 0.3 is 5.97 Å². The van der Waals surface area contributed by atoms with Crippen molar-refractivity contribution in [2.24, 2.45) is 0 Å². The molecule has 0 spiro atoms. The van der Waals surface area contributed by atoms with Gasteiger partial charge in [-0.3, -0.25) is 9.69 Å². The maximum absolute atomic E-state index is 11.5. The Bertz CT molecular complexity index is 418. The van der Waals surface area contributed by atoms with Gasteiger partial charge in [0.1, 0.15) is 5.54 Å². The van der Waals surface area contributed by atoms with Gasteiger partial charge in [0, 0.05) is 11.4 Å². The molecule has 0 radical (unpaired) electrons. The summed E-state index contributed by atoms with van der Waals surface area (Å²) in [5.74, 6) is -0.681. The van der Waals surface area contributed by atoms with Crippen molar-refractivity contribution in [2.45, 2.75) is 45.2 Å². The van der Waals surface area contributed by atoms with Gasteiger partial charge < -0.3 is 5.11 Å². The van der Waals surface area contributed by atoms with Crippen LogP contribution in [0.3, 0.4) is 0 Å². The monoisotopic (exact) mass is 254 g/mol. The quantitative estimate of drug-likeness (QED) is 0.895. The average molecular weight is 254 g/mol. The highest BCUT2D eigenvalue weighted by molar-refractivity contribution is 7.09. The molecular weight excluding hydrogens is 236 g/mol. The average Bonchev–Trinajstić information content (AvgIpc) is 2.87. The van der Waals surface area contributed by atoms with Crippen LogP contribution in [0.4, 0.5) is 0 Å². The fourth-order valence-electron chi connectivity index (χ4n) is 2.61. The number of nitrogens with zero attached hydrogens (tertiary/aromatic N) is 2. The number of carbonyl (C=O) groups is 1. The summed E-state index contributed by atoms with van der Waals surface area (Å²) in [5, 5.41) is 9.48. The van der Waals surface area contributed by atoms with Gasteiger partial charge in [-0.1, -0.05) is 6.92 Å². The molecule has 0 aliphatic carbocycles. The fraction of sp³-hybridized carbons (Fsp3) is 0.667. The van der Waals surface area contributed by atoms with Gasteiger partial charge in [-0.2, -0.15) is 0 Å². The molecule has 1 N–H and O–H groups in total. The molecule has 1 aromatic heterocycles. The van der Waals surface area contributed by atoms with E-state index in [4.69, 9.17) is 0 Å². The molecule has 0 aromatic carbocycles. The van der Waals surface area contributed by atoms with Crippen molar-refractivity contribution in [3.05, 3.63) is 16.1 Å². The molecule has 1 aliphatic heterocycles. The third-order valence-corrected chi connectivity index (χ3v) is 4.71. The number of aryl methyl sites for hydroxylation is 1. The standard InChI is InChI=1S/C12H18N2O2S/c1-3-12(11(15)16)5-4-6-14(12)7-10-9(2)13-8-17-10/h8H,3-7H2,1-2H3,(H,15,16). The van der Waals surface area contributed by atoms with Gasteiger partial charge in [0.05, 0.1) is 11.2 Å². The Morgan fingerprint density at radius 2 is 2.47 bits per heavy atom. The lowest BCUT2D eigenvalue weighted by Crippen LogP contribution is -2.49. The first-order valence-electron chi connectivity index (χ1n) is 5.97. The molecule has 1 saturated heterocycles. The second kappa shape index (κ2) is 4.74. The van der Waals surface area contributed by atoms with Gasteiger partial charge in [-0.15, -0.1) is 11.3 Å². The summed E-state index contributed by atoms with van der Waals surface area (Å²) in [6, 6.07) is 0. The van der Waals surface area contributed by atoms with E-state index in [9.17, 15) is 9.90 Å². The van der Waals surface area contributed by atoms with Crippen molar-refractivity contribution in [1.82, 2.24) is 9.88 Å². The van der Waals surface area contributed by atoms with Gasteiger partial charge in [0.25, 0.3) is 0 Å². The number of rotatable bonds is 4. The lowest BCUT2D eigenvalue weighted by molar-refractivity contribution is -0.150. The molecule has 1 aliphatic rings. The second-order valence-electron chi connectivity index (χ2n) is 4.58. The molecule has 17 heavy (non-hydrogen) atoms. The smallest absolute Gasteiger partial charge is 0.324 e. The summed E-state index contributed by atoms with van der Waals surface area (Å²) >= 11 is 1.61. The Morgan fingerprint density at radius 1 is 1.71 bits per heavy atom. The predicted octanol–water partition coefficient (Wildman–Crippen LogP) is 2.28. The third-order valence-electron chi connectivity index (χ3n) is 3.79. The normalized spacial score (nSPS) is 25.3. The lowest BCUT2D eigenvalue weighted by Gasteiger charge is -2.33. The molecule has 4 nitrogen and oxygen atoms in total. The van der Waals surface area contributed by atoms with Crippen LogP contribution < -0.4 is 0 Å². The van der Waals surface area contributed by atoms with Gasteiger partial charge in [-0.05, 0) is 32.7 Å². The SMILES string of the molecule is CCC1(C(=O)O)CCCN1Cc1scnc1C. The molecular formula is C12H18N2O2S. The van der Waals surface area contributed by atoms with Crippen LogP contribution >= 0.6 is 11.3 Å². The topological polar surface area (TPSA) is 53.4 Å². The van der Waals surface area contributed by atoms with E-state index in [2.05, 4.69) is 9.88 Å². The van der Waals surface area contributed by atoms with E-state index in [0.717, 1.165) is 31.6 Å². The first-order valence-corrected chi connectivity index (χ1v) is 6.85. The molecule has 0 bridgehead atoms. The van der Waals surface area contributed by atoms with E-state index in [1.54, 1.807) is 11.3 Å². The number of carboxylic acids is 1. The van der Waals surface area contributed by atoms with E-state index in [1.807, 2.05) is 19.4 Å². The maximum atomic E-state index is 11.5. The second-order valence-corrected chi connectivity index (χ2v) is 5.52. The molecule has 94 valence electrons. The zero-order valence-electron chi connectivity index (χ0n) is 10.3. The number of hydrogen-bond acceptors (Lipinski definition) is 4. The Balaban J connectivity index is 2.20. The van der Waals surface area contributed by atoms with Crippen LogP contribution in [-0.2, 0) is 11.3 Å². The number of aliphatic carboxylic acids is 1. The van der Waals surface area contributed by atoms with Crippen molar-refractivity contribution in [2.75, 3.05) is 6.54 Å². The minimum absolute atomic E-state index is 0.656. The lowest BCUT2D eigenvalue weighted by atomic mass is 9.93. The van der Waals surface area contributed by atoms with Crippen LogP contribution in [0.1, 0.15) is 36.8 Å². The van der Waals surface area contributed by atoms with Crippen LogP contribution in [0.5, 0.6) is 0 Å². The van der Waals surface area contributed by atoms with E-state index >= 15 is 0 Å². The number of aromatic nitrogens is 1. The van der Waals surface area contributed by atoms with E-state index in [-0.39, 0.29) is 0 Å². The molecule has 0 saturated carbocycles. The van der Waals surface area contributed by atoms with Crippen LogP contribution in [0.25, 0.3) is 0 Å². The van der Waals surface area contributed by atoms with E-state index < -0.39 is 11.5 Å². The Kier molecular flexibility index (Phi) is 3.49. The molecule has 1 fully saturated rings. The molecule has 2 heterocycles. The first-order chi connectivity index (χ1) is 8.10. The summed E-state index contributed by atoms with van der Waals surface area (Å²) in [5.41, 5.74) is 2.20. The Morgan fingerprint density at radius 3 is 3.00 bits per heavy atom. The summed E-state index contributed by atoms with van der Waals surface area (Å²) < 4.78 is 0. The molecule has 1 atom stereocenters. The molecule has 1 unspecified atom stereocenters. The van der Waals surface area contributed by atoms with E-state index in [1.165, 1.54) is 4.88 Å². The van der Waals surface area contributed by atoms with Crippen molar-refractivity contribution in [3.8, 4) is 0 Å². The minimum atomic E-state index is -0.681. The van der Waals surface area contributed by atoms with Crippen LogP contribution in [-0.4, -0.2) is 33.0 Å². The number of likely N-dealkylation sites (tertiary alicyclic amines) is 1. The number of hydrogen-bond donors (Lipinski definition) is 1. The highest BCUT2D eigenvalue weighted by atomic mass is 32.1. The molecule has 5 heteroatoms. The Hall–Kier alpha value is -0.940. The summed E-state index contributed by atoms with van der Waals surface area (Å²) in [4.78, 5) is 19.0. The summed E-state index contributed by atoms with van der Waals surface area (Å²) in [7, 11) is 0. The molecule has 0 amide bonds. The highest BCUT2D eigenvalue weighted by Gasteiger charge is 2.46. The first kappa shape index (κ1) is 12.5. The zero-order valence-corrected chi connectivity index (χ0v) is 11.1. The van der Waals surface area contributed by atoms with Crippen molar-refractivity contribution in [1.29, 1.82) is 0 Å². The van der Waals surface area contributed by atoms with Crippen LogP contribution in [0, 0.1) is 6.92 Å². The molecule has 2 rings (SSSR count). The van der Waals surface area contributed by atoms with Gasteiger partial charge in [-0.25, -0.2) is 4.98 Å².